The zero-order valence-electron chi connectivity index (χ0n) is 27.0. The van der Waals surface area contributed by atoms with E-state index in [1.807, 2.05) is 55.5 Å². The summed E-state index contributed by atoms with van der Waals surface area (Å²) in [5.74, 6) is -0.251. The lowest BCUT2D eigenvalue weighted by Crippen LogP contribution is -2.35. The highest BCUT2D eigenvalue weighted by molar-refractivity contribution is 6.02. The standard InChI is InChI=1S/C34H32N6O10/c1-3-44-33-35-25-10-6-9-24(32(42)48-19(2)49-34(43)50-27-17-46-29-26(47-18-41)16-45-30(27)29)28(25)40(33)15-20-11-13-21(14-12-20)22-7-4-5-8-23(22)31-36-38-39-37-31/h4-14,18-19,26-27,29-30H,3,15-17H2,1-2H3,(H,36,37,38,39)/t19?,26-,27-,29+,30+/m1/s1. The number of hydrogen-bond donors (Lipinski definition) is 1. The predicted octanol–water partition coefficient (Wildman–Crippen LogP) is 3.69. The third-order valence-electron chi connectivity index (χ3n) is 8.32. The molecule has 2 aliphatic heterocycles. The highest BCUT2D eigenvalue weighted by Crippen LogP contribution is 2.32. The van der Waals surface area contributed by atoms with Crippen LogP contribution in [0.15, 0.2) is 66.7 Å². The Hall–Kier alpha value is -5.87. The lowest BCUT2D eigenvalue weighted by Gasteiger charge is -2.19. The first kappa shape index (κ1) is 32.7. The Balaban J connectivity index is 1.06. The maximum absolute atomic E-state index is 13.5. The number of para-hydroxylation sites is 1. The number of carbonyl (C=O) groups excluding carboxylic acids is 3. The van der Waals surface area contributed by atoms with Gasteiger partial charge in [-0.2, -0.15) is 10.2 Å². The molecule has 0 spiro atoms. The number of benzene rings is 3. The quantitative estimate of drug-likeness (QED) is 0.0867. The molecule has 0 aliphatic carbocycles. The number of carbonyl (C=O) groups is 3. The fourth-order valence-corrected chi connectivity index (χ4v) is 6.14. The average molecular weight is 685 g/mol. The molecule has 1 unspecified atom stereocenters. The number of rotatable bonds is 12. The number of tetrazole rings is 1. The number of aromatic amines is 1. The molecule has 258 valence electrons. The van der Waals surface area contributed by atoms with Crippen molar-refractivity contribution in [3.05, 3.63) is 77.9 Å². The van der Waals surface area contributed by atoms with Crippen molar-refractivity contribution >= 4 is 29.6 Å². The molecule has 0 bridgehead atoms. The van der Waals surface area contributed by atoms with Crippen LogP contribution in [0.2, 0.25) is 0 Å². The van der Waals surface area contributed by atoms with E-state index < -0.39 is 42.8 Å². The van der Waals surface area contributed by atoms with Gasteiger partial charge in [-0.25, -0.2) is 9.59 Å². The van der Waals surface area contributed by atoms with E-state index in [-0.39, 0.29) is 18.8 Å². The first-order valence-corrected chi connectivity index (χ1v) is 15.9. The molecule has 1 N–H and O–H groups in total. The molecule has 5 aromatic rings. The van der Waals surface area contributed by atoms with Crippen LogP contribution < -0.4 is 4.74 Å². The Kier molecular flexibility index (Phi) is 9.35. The van der Waals surface area contributed by atoms with Gasteiger partial charge in [0.05, 0.1) is 43.0 Å². The zero-order valence-corrected chi connectivity index (χ0v) is 27.0. The number of fused-ring (bicyclic) bond motifs is 2. The van der Waals surface area contributed by atoms with Crippen LogP contribution in [0.5, 0.6) is 6.01 Å². The molecule has 2 saturated heterocycles. The summed E-state index contributed by atoms with van der Waals surface area (Å²) in [4.78, 5) is 41.4. The van der Waals surface area contributed by atoms with Gasteiger partial charge >= 0.3 is 12.1 Å². The first-order valence-electron chi connectivity index (χ1n) is 15.9. The Labute approximate surface area is 284 Å². The number of H-pyrrole nitrogens is 1. The summed E-state index contributed by atoms with van der Waals surface area (Å²) in [5.41, 5.74) is 4.86. The Morgan fingerprint density at radius 1 is 0.980 bits per heavy atom. The summed E-state index contributed by atoms with van der Waals surface area (Å²) < 4.78 is 39.9. The second-order valence-electron chi connectivity index (χ2n) is 11.4. The van der Waals surface area contributed by atoms with Gasteiger partial charge in [0.15, 0.2) is 12.2 Å². The zero-order chi connectivity index (χ0) is 34.6. The number of aromatic nitrogens is 6. The van der Waals surface area contributed by atoms with E-state index in [4.69, 9.17) is 33.2 Å². The largest absolute Gasteiger partial charge is 0.511 e. The van der Waals surface area contributed by atoms with E-state index in [0.717, 1.165) is 22.3 Å². The fourth-order valence-electron chi connectivity index (χ4n) is 6.14. The van der Waals surface area contributed by atoms with Gasteiger partial charge in [-0.1, -0.05) is 54.6 Å². The molecule has 16 heteroatoms. The van der Waals surface area contributed by atoms with Crippen LogP contribution in [-0.2, 0) is 39.8 Å². The van der Waals surface area contributed by atoms with E-state index in [0.29, 0.717) is 42.5 Å². The number of hydrogen-bond acceptors (Lipinski definition) is 14. The van der Waals surface area contributed by atoms with Crippen molar-refractivity contribution in [2.45, 2.75) is 51.1 Å². The molecular weight excluding hydrogens is 652 g/mol. The molecule has 50 heavy (non-hydrogen) atoms. The van der Waals surface area contributed by atoms with E-state index in [1.54, 1.807) is 22.8 Å². The molecule has 7 rings (SSSR count). The normalized spacial score (nSPS) is 20.2. The molecular formula is C34H32N6O10. The van der Waals surface area contributed by atoms with Gasteiger partial charge < -0.3 is 33.2 Å². The van der Waals surface area contributed by atoms with Crippen molar-refractivity contribution in [2.75, 3.05) is 19.8 Å². The molecule has 16 nitrogen and oxygen atoms in total. The van der Waals surface area contributed by atoms with Gasteiger partial charge in [0, 0.05) is 12.5 Å². The number of esters is 1. The van der Waals surface area contributed by atoms with Crippen LogP contribution in [0.25, 0.3) is 33.5 Å². The van der Waals surface area contributed by atoms with Crippen LogP contribution in [0.4, 0.5) is 4.79 Å². The molecule has 2 aromatic heterocycles. The smallest absolute Gasteiger partial charge is 0.465 e. The topological polar surface area (TPSA) is 188 Å². The summed E-state index contributed by atoms with van der Waals surface area (Å²) in [6, 6.07) is 21.1. The van der Waals surface area contributed by atoms with E-state index in [2.05, 4.69) is 25.6 Å². The van der Waals surface area contributed by atoms with Crippen molar-refractivity contribution in [1.29, 1.82) is 0 Å². The summed E-state index contributed by atoms with van der Waals surface area (Å²) in [5, 5.41) is 14.4. The molecule has 3 aromatic carbocycles. The van der Waals surface area contributed by atoms with Crippen LogP contribution in [0.3, 0.4) is 0 Å². The minimum atomic E-state index is -1.30. The van der Waals surface area contributed by atoms with Crippen molar-refractivity contribution in [1.82, 2.24) is 30.2 Å². The molecule has 0 saturated carbocycles. The molecule has 2 aliphatic rings. The number of nitrogens with zero attached hydrogens (tertiary/aromatic N) is 5. The fraction of sp³-hybridized carbons (Fsp3) is 0.324. The minimum absolute atomic E-state index is 0.0295. The number of nitrogens with one attached hydrogen (secondary N) is 1. The minimum Gasteiger partial charge on any atom is -0.465 e. The molecule has 0 amide bonds. The Bertz CT molecular complexity index is 1980. The molecule has 2 fully saturated rings. The van der Waals surface area contributed by atoms with E-state index >= 15 is 0 Å². The maximum Gasteiger partial charge on any atom is 0.511 e. The SMILES string of the molecule is CCOc1nc2cccc(C(=O)OC(C)OC(=O)O[C@@H]3CO[C@@H]4[C@H]3OC[C@H]4OC=O)c2n1Cc1ccc(-c2ccccc2-c2nn[nH]n2)cc1. The van der Waals surface area contributed by atoms with Gasteiger partial charge in [-0.15, -0.1) is 10.2 Å². The van der Waals surface area contributed by atoms with Gasteiger partial charge in [-0.05, 0) is 41.0 Å². The Morgan fingerprint density at radius 3 is 2.48 bits per heavy atom. The van der Waals surface area contributed by atoms with E-state index in [9.17, 15) is 14.4 Å². The van der Waals surface area contributed by atoms with Crippen molar-refractivity contribution in [2.24, 2.45) is 0 Å². The second kappa shape index (κ2) is 14.3. The number of imidazole rings is 1. The van der Waals surface area contributed by atoms with Gasteiger partial charge in [0.2, 0.25) is 12.1 Å². The number of ether oxygens (including phenoxy) is 7. The highest BCUT2D eigenvalue weighted by atomic mass is 16.8. The third kappa shape index (κ3) is 6.57. The summed E-state index contributed by atoms with van der Waals surface area (Å²) in [7, 11) is 0. The first-order chi connectivity index (χ1) is 24.4. The average Bonchev–Trinajstić information content (AvgIpc) is 3.93. The predicted molar refractivity (Wildman–Crippen MR) is 172 cm³/mol. The maximum atomic E-state index is 13.5. The Morgan fingerprint density at radius 2 is 1.74 bits per heavy atom. The second-order valence-corrected chi connectivity index (χ2v) is 11.4. The third-order valence-corrected chi connectivity index (χ3v) is 8.32. The van der Waals surface area contributed by atoms with E-state index in [1.165, 1.54) is 6.92 Å². The summed E-state index contributed by atoms with van der Waals surface area (Å²) >= 11 is 0. The highest BCUT2D eigenvalue weighted by Gasteiger charge is 2.51. The molecule has 5 atom stereocenters. The van der Waals surface area contributed by atoms with Gasteiger partial charge in [-0.3, -0.25) is 9.36 Å². The van der Waals surface area contributed by atoms with Crippen molar-refractivity contribution < 1.29 is 47.5 Å². The lowest BCUT2D eigenvalue weighted by molar-refractivity contribution is -0.138. The van der Waals surface area contributed by atoms with Gasteiger partial charge in [0.25, 0.3) is 12.5 Å². The molecule has 4 heterocycles. The van der Waals surface area contributed by atoms with Crippen molar-refractivity contribution in [3.63, 3.8) is 0 Å². The monoisotopic (exact) mass is 684 g/mol. The van der Waals surface area contributed by atoms with Crippen LogP contribution in [-0.4, -0.2) is 99.3 Å². The summed E-state index contributed by atoms with van der Waals surface area (Å²) in [6.45, 7) is 4.39. The summed E-state index contributed by atoms with van der Waals surface area (Å²) in [6.07, 6.45) is -4.93. The van der Waals surface area contributed by atoms with Crippen LogP contribution in [0.1, 0.15) is 29.8 Å². The van der Waals surface area contributed by atoms with Crippen LogP contribution in [0, 0.1) is 0 Å². The van der Waals surface area contributed by atoms with Crippen molar-refractivity contribution in [3.8, 4) is 28.5 Å². The molecule has 0 radical (unpaired) electrons. The van der Waals surface area contributed by atoms with Crippen LogP contribution >= 0.6 is 0 Å². The lowest BCUT2D eigenvalue weighted by atomic mass is 9.98. The van der Waals surface area contributed by atoms with Gasteiger partial charge in [0.1, 0.15) is 12.2 Å².